The molecule has 0 saturated heterocycles. The van der Waals surface area contributed by atoms with E-state index in [1.807, 2.05) is 0 Å². The Bertz CT molecular complexity index is 908. The van der Waals surface area contributed by atoms with Crippen LogP contribution in [0.15, 0.2) is 35.2 Å². The van der Waals surface area contributed by atoms with Crippen LogP contribution >= 0.6 is 11.6 Å². The summed E-state index contributed by atoms with van der Waals surface area (Å²) in [5, 5.41) is 8.88. The molecule has 5 nitrogen and oxygen atoms in total. The molecular weight excluding hydrogens is 335 g/mol. The van der Waals surface area contributed by atoms with E-state index in [0.29, 0.717) is 0 Å². The molecule has 8 heteroatoms. The number of ether oxygens (including phenoxy) is 1. The van der Waals surface area contributed by atoms with Crippen LogP contribution in [0.3, 0.4) is 0 Å². The lowest BCUT2D eigenvalue weighted by Gasteiger charge is -2.09. The molecular formula is C14H8ClFO5S. The molecule has 22 heavy (non-hydrogen) atoms. The second-order valence-corrected chi connectivity index (χ2v) is 7.03. The van der Waals surface area contributed by atoms with E-state index >= 15 is 0 Å². The van der Waals surface area contributed by atoms with Crippen molar-refractivity contribution in [3.63, 3.8) is 0 Å². The second-order valence-electron chi connectivity index (χ2n) is 4.66. The maximum atomic E-state index is 13.8. The number of aromatic carboxylic acids is 1. The Morgan fingerprint density at radius 2 is 2.00 bits per heavy atom. The minimum Gasteiger partial charge on any atom is -0.478 e. The van der Waals surface area contributed by atoms with Gasteiger partial charge in [-0.2, -0.15) is 0 Å². The number of rotatable bonds is 1. The van der Waals surface area contributed by atoms with Crippen molar-refractivity contribution in [3.05, 3.63) is 52.3 Å². The Hall–Kier alpha value is -2.12. The van der Waals surface area contributed by atoms with E-state index in [1.165, 1.54) is 12.1 Å². The molecule has 0 fully saturated rings. The fourth-order valence-corrected chi connectivity index (χ4v) is 3.94. The van der Waals surface area contributed by atoms with Gasteiger partial charge in [0.1, 0.15) is 22.2 Å². The molecule has 0 atom stereocenters. The summed E-state index contributed by atoms with van der Waals surface area (Å²) in [6.45, 7) is 0. The highest BCUT2D eigenvalue weighted by Crippen LogP contribution is 2.40. The van der Waals surface area contributed by atoms with Gasteiger partial charge in [0.25, 0.3) is 0 Å². The quantitative estimate of drug-likeness (QED) is 0.860. The van der Waals surface area contributed by atoms with Gasteiger partial charge in [-0.05, 0) is 18.2 Å². The van der Waals surface area contributed by atoms with Gasteiger partial charge in [0.15, 0.2) is 9.84 Å². The lowest BCUT2D eigenvalue weighted by molar-refractivity contribution is 0.0697. The van der Waals surface area contributed by atoms with Crippen LogP contribution in [0, 0.1) is 5.82 Å². The summed E-state index contributed by atoms with van der Waals surface area (Å²) in [7, 11) is -3.97. The largest absolute Gasteiger partial charge is 0.478 e. The molecule has 0 spiro atoms. The summed E-state index contributed by atoms with van der Waals surface area (Å²) in [5.74, 6) is -2.77. The molecule has 3 rings (SSSR count). The Kier molecular flexibility index (Phi) is 3.34. The first-order valence-corrected chi connectivity index (χ1v) is 8.07. The number of hydrogen-bond donors (Lipinski definition) is 1. The third-order valence-corrected chi connectivity index (χ3v) is 5.20. The molecule has 0 unspecified atom stereocenters. The number of hydrogen-bond acceptors (Lipinski definition) is 4. The monoisotopic (exact) mass is 342 g/mol. The molecule has 1 aliphatic rings. The third-order valence-electron chi connectivity index (χ3n) is 3.23. The van der Waals surface area contributed by atoms with Crippen LogP contribution in [0.5, 0.6) is 11.5 Å². The van der Waals surface area contributed by atoms with E-state index in [-0.39, 0.29) is 32.5 Å². The number of benzene rings is 2. The first-order valence-electron chi connectivity index (χ1n) is 6.04. The van der Waals surface area contributed by atoms with E-state index < -0.39 is 27.4 Å². The first-order chi connectivity index (χ1) is 10.3. The van der Waals surface area contributed by atoms with E-state index in [4.69, 9.17) is 21.4 Å². The maximum absolute atomic E-state index is 13.8. The normalized spacial score (nSPS) is 15.2. The molecule has 0 aliphatic carbocycles. The van der Waals surface area contributed by atoms with E-state index in [2.05, 4.69) is 0 Å². The predicted octanol–water partition coefficient (Wildman–Crippen LogP) is 3.26. The minimum absolute atomic E-state index is 0.0569. The number of sulfone groups is 1. The molecule has 1 N–H and O–H groups in total. The van der Waals surface area contributed by atoms with E-state index in [0.717, 1.165) is 18.2 Å². The van der Waals surface area contributed by atoms with Gasteiger partial charge in [0.2, 0.25) is 0 Å². The smallest absolute Gasteiger partial charge is 0.337 e. The average Bonchev–Trinajstić information content (AvgIpc) is 2.52. The zero-order valence-corrected chi connectivity index (χ0v) is 12.4. The van der Waals surface area contributed by atoms with Gasteiger partial charge < -0.3 is 9.84 Å². The predicted molar refractivity (Wildman–Crippen MR) is 75.8 cm³/mol. The topological polar surface area (TPSA) is 80.7 Å². The third kappa shape index (κ3) is 2.32. The molecule has 1 heterocycles. The molecule has 0 bridgehead atoms. The Morgan fingerprint density at radius 3 is 2.68 bits per heavy atom. The lowest BCUT2D eigenvalue weighted by atomic mass is 10.2. The highest BCUT2D eigenvalue weighted by molar-refractivity contribution is 7.90. The zero-order chi connectivity index (χ0) is 16.1. The average molecular weight is 343 g/mol. The summed E-state index contributed by atoms with van der Waals surface area (Å²) in [6.07, 6.45) is 0. The summed E-state index contributed by atoms with van der Waals surface area (Å²) < 4.78 is 44.1. The molecule has 1 aliphatic heterocycles. The van der Waals surface area contributed by atoms with Gasteiger partial charge in [0.05, 0.1) is 16.3 Å². The van der Waals surface area contributed by atoms with Crippen LogP contribution in [0.25, 0.3) is 0 Å². The van der Waals surface area contributed by atoms with Gasteiger partial charge >= 0.3 is 5.97 Å². The Balaban J connectivity index is 2.30. The molecule has 0 amide bonds. The minimum atomic E-state index is -3.97. The van der Waals surface area contributed by atoms with Gasteiger partial charge in [-0.3, -0.25) is 0 Å². The van der Waals surface area contributed by atoms with Gasteiger partial charge in [0, 0.05) is 11.6 Å². The first kappa shape index (κ1) is 14.8. The number of fused-ring (bicyclic) bond motifs is 2. The number of carboxylic acid groups (broad SMARTS) is 1. The zero-order valence-electron chi connectivity index (χ0n) is 10.8. The molecule has 0 radical (unpaired) electrons. The summed E-state index contributed by atoms with van der Waals surface area (Å²) >= 11 is 5.83. The Morgan fingerprint density at radius 1 is 1.27 bits per heavy atom. The van der Waals surface area contributed by atoms with Crippen molar-refractivity contribution in [3.8, 4) is 11.5 Å². The molecule has 2 aromatic rings. The van der Waals surface area contributed by atoms with Crippen molar-refractivity contribution >= 4 is 27.4 Å². The van der Waals surface area contributed by atoms with Crippen molar-refractivity contribution in [1.82, 2.24) is 0 Å². The standard InChI is InChI=1S/C14H8ClFO5S/c15-9-5-12-13(4-7(9)14(17)18)22(19,20)6-8-10(16)2-1-3-11(8)21-12/h1-5H,6H2,(H,17,18). The Labute approximate surface area is 129 Å². The summed E-state index contributed by atoms with van der Waals surface area (Å²) in [5.41, 5.74) is -0.467. The van der Waals surface area contributed by atoms with Crippen molar-refractivity contribution in [1.29, 1.82) is 0 Å². The van der Waals surface area contributed by atoms with Crippen molar-refractivity contribution in [2.24, 2.45) is 0 Å². The fraction of sp³-hybridized carbons (Fsp3) is 0.0714. The van der Waals surface area contributed by atoms with Crippen molar-refractivity contribution < 1.29 is 27.4 Å². The lowest BCUT2D eigenvalue weighted by Crippen LogP contribution is -2.07. The van der Waals surface area contributed by atoms with Crippen LogP contribution in [-0.4, -0.2) is 19.5 Å². The molecule has 114 valence electrons. The maximum Gasteiger partial charge on any atom is 0.337 e. The van der Waals surface area contributed by atoms with Crippen LogP contribution in [-0.2, 0) is 15.6 Å². The molecule has 2 aromatic carbocycles. The van der Waals surface area contributed by atoms with Crippen LogP contribution in [0.2, 0.25) is 5.02 Å². The number of halogens is 2. The number of carboxylic acids is 1. The van der Waals surface area contributed by atoms with Gasteiger partial charge in [-0.25, -0.2) is 17.6 Å². The summed E-state index contributed by atoms with van der Waals surface area (Å²) in [6, 6.07) is 5.99. The van der Waals surface area contributed by atoms with Gasteiger partial charge in [-0.1, -0.05) is 17.7 Å². The van der Waals surface area contributed by atoms with Crippen LogP contribution in [0.1, 0.15) is 15.9 Å². The van der Waals surface area contributed by atoms with E-state index in [1.54, 1.807) is 0 Å². The van der Waals surface area contributed by atoms with Crippen molar-refractivity contribution in [2.75, 3.05) is 0 Å². The van der Waals surface area contributed by atoms with Crippen LogP contribution < -0.4 is 4.74 Å². The van der Waals surface area contributed by atoms with Gasteiger partial charge in [-0.15, -0.1) is 0 Å². The summed E-state index contributed by atoms with van der Waals surface area (Å²) in [4.78, 5) is 10.8. The van der Waals surface area contributed by atoms with Crippen molar-refractivity contribution in [2.45, 2.75) is 10.6 Å². The molecule has 0 saturated carbocycles. The SMILES string of the molecule is O=C(O)c1cc2c(cc1Cl)Oc1cccc(F)c1CS2(=O)=O. The number of carbonyl (C=O) groups is 1. The highest BCUT2D eigenvalue weighted by Gasteiger charge is 2.30. The van der Waals surface area contributed by atoms with Crippen LogP contribution in [0.4, 0.5) is 4.39 Å². The highest BCUT2D eigenvalue weighted by atomic mass is 35.5. The second kappa shape index (κ2) is 4.96. The fourth-order valence-electron chi connectivity index (χ4n) is 2.18. The van der Waals surface area contributed by atoms with E-state index in [9.17, 15) is 17.6 Å². The molecule has 0 aromatic heterocycles.